The van der Waals surface area contributed by atoms with E-state index in [2.05, 4.69) is 9.98 Å². The number of aliphatic imine (C=N–C) groups is 1. The minimum absolute atomic E-state index is 0.172. The molecule has 0 radical (unpaired) electrons. The fraction of sp³-hybridized carbons (Fsp3) is 0.500. The van der Waals surface area contributed by atoms with Crippen LogP contribution in [0.1, 0.15) is 5.56 Å². The Morgan fingerprint density at radius 1 is 1.39 bits per heavy atom. The molecule has 0 fully saturated rings. The molecule has 1 aliphatic rings. The van der Waals surface area contributed by atoms with E-state index in [4.69, 9.17) is 15.2 Å². The molecular weight excluding hydrogens is 250 g/mol. The van der Waals surface area contributed by atoms with Gasteiger partial charge in [-0.2, -0.15) is 0 Å². The van der Waals surface area contributed by atoms with Crippen LogP contribution in [0.5, 0.6) is 5.75 Å². The summed E-state index contributed by atoms with van der Waals surface area (Å²) in [4.78, 5) is 8.24. The van der Waals surface area contributed by atoms with E-state index in [0.29, 0.717) is 13.2 Å². The highest BCUT2D eigenvalue weighted by Gasteiger charge is 2.11. The van der Waals surface area contributed by atoms with E-state index in [1.54, 1.807) is 24.2 Å². The van der Waals surface area contributed by atoms with E-state index in [0.717, 1.165) is 28.8 Å². The third-order valence-corrected chi connectivity index (χ3v) is 3.17. The minimum Gasteiger partial charge on any atom is -0.490 e. The fourth-order valence-electron chi connectivity index (χ4n) is 1.44. The van der Waals surface area contributed by atoms with Crippen LogP contribution in [0.4, 0.5) is 0 Å². The van der Waals surface area contributed by atoms with E-state index < -0.39 is 0 Å². The van der Waals surface area contributed by atoms with Crippen molar-refractivity contribution >= 4 is 17.0 Å². The molecule has 0 aliphatic carbocycles. The molecule has 1 unspecified atom stereocenters. The third-order valence-electron chi connectivity index (χ3n) is 2.29. The predicted octanol–water partition coefficient (Wildman–Crippen LogP) is 1.22. The third kappa shape index (κ3) is 4.19. The Hall–Kier alpha value is -1.27. The average Bonchev–Trinajstić information content (AvgIpc) is 2.87. The van der Waals surface area contributed by atoms with Crippen molar-refractivity contribution in [1.82, 2.24) is 4.98 Å². The monoisotopic (exact) mass is 267 g/mol. The molecule has 0 amide bonds. The van der Waals surface area contributed by atoms with Crippen molar-refractivity contribution in [3.05, 3.63) is 24.0 Å². The number of pyridine rings is 1. The van der Waals surface area contributed by atoms with Gasteiger partial charge in [-0.3, -0.25) is 4.98 Å². The molecule has 5 nitrogen and oxygen atoms in total. The molecule has 0 bridgehead atoms. The van der Waals surface area contributed by atoms with Crippen molar-refractivity contribution in [3.63, 3.8) is 0 Å². The van der Waals surface area contributed by atoms with Crippen molar-refractivity contribution in [2.24, 2.45) is 10.7 Å². The first kappa shape index (κ1) is 13.2. The van der Waals surface area contributed by atoms with Crippen molar-refractivity contribution in [2.45, 2.75) is 13.0 Å². The first-order valence-corrected chi connectivity index (χ1v) is 6.82. The van der Waals surface area contributed by atoms with Crippen LogP contribution >= 0.6 is 11.8 Å². The fourth-order valence-corrected chi connectivity index (χ4v) is 2.13. The summed E-state index contributed by atoms with van der Waals surface area (Å²) in [6, 6.07) is 1.76. The van der Waals surface area contributed by atoms with Crippen LogP contribution in [-0.4, -0.2) is 41.8 Å². The summed E-state index contributed by atoms with van der Waals surface area (Å²) in [7, 11) is 0. The second kappa shape index (κ2) is 6.61. The summed E-state index contributed by atoms with van der Waals surface area (Å²) < 4.78 is 11.0. The lowest BCUT2D eigenvalue weighted by molar-refractivity contribution is 0.217. The first-order valence-electron chi connectivity index (χ1n) is 5.84. The lowest BCUT2D eigenvalue weighted by atomic mass is 10.3. The second-order valence-electron chi connectivity index (χ2n) is 4.08. The molecule has 18 heavy (non-hydrogen) atoms. The summed E-state index contributed by atoms with van der Waals surface area (Å²) in [5.41, 5.74) is 6.97. The Bertz CT molecular complexity index is 426. The largest absolute Gasteiger partial charge is 0.490 e. The highest BCUT2D eigenvalue weighted by molar-refractivity contribution is 8.13. The highest BCUT2D eigenvalue weighted by Crippen LogP contribution is 2.13. The van der Waals surface area contributed by atoms with Gasteiger partial charge in [0.2, 0.25) is 5.23 Å². The standard InChI is InChI=1S/C12H17N3O2S/c1-9-4-11(6-14-5-9)16-7-10(13)8-17-12-15-2-3-18-12/h4-6,10H,2-3,7-8,13H2,1H3. The van der Waals surface area contributed by atoms with Gasteiger partial charge >= 0.3 is 0 Å². The van der Waals surface area contributed by atoms with Gasteiger partial charge in [0, 0.05) is 11.9 Å². The molecular formula is C12H17N3O2S. The first-order chi connectivity index (χ1) is 8.74. The molecule has 0 spiro atoms. The molecule has 1 atom stereocenters. The topological polar surface area (TPSA) is 69.7 Å². The minimum atomic E-state index is -0.172. The predicted molar refractivity (Wildman–Crippen MR) is 73.2 cm³/mol. The Morgan fingerprint density at radius 3 is 2.94 bits per heavy atom. The molecule has 0 saturated carbocycles. The number of thioether (sulfide) groups is 1. The van der Waals surface area contributed by atoms with Gasteiger partial charge in [0.1, 0.15) is 19.0 Å². The van der Waals surface area contributed by atoms with Crippen molar-refractivity contribution in [3.8, 4) is 5.75 Å². The zero-order valence-corrected chi connectivity index (χ0v) is 11.2. The van der Waals surface area contributed by atoms with Gasteiger partial charge in [-0.15, -0.1) is 0 Å². The number of hydrogen-bond acceptors (Lipinski definition) is 6. The van der Waals surface area contributed by atoms with Crippen LogP contribution in [0.3, 0.4) is 0 Å². The van der Waals surface area contributed by atoms with Crippen molar-refractivity contribution in [2.75, 3.05) is 25.5 Å². The van der Waals surface area contributed by atoms with Gasteiger partial charge in [-0.1, -0.05) is 11.8 Å². The van der Waals surface area contributed by atoms with Gasteiger partial charge in [0.15, 0.2) is 0 Å². The number of aromatic nitrogens is 1. The van der Waals surface area contributed by atoms with E-state index in [-0.39, 0.29) is 6.04 Å². The van der Waals surface area contributed by atoms with Crippen LogP contribution in [-0.2, 0) is 4.74 Å². The van der Waals surface area contributed by atoms with Gasteiger partial charge in [0.25, 0.3) is 0 Å². The zero-order valence-electron chi connectivity index (χ0n) is 10.3. The lowest BCUT2D eigenvalue weighted by Gasteiger charge is -2.13. The number of nitrogens with two attached hydrogens (primary N) is 1. The number of aryl methyl sites for hydroxylation is 1. The lowest BCUT2D eigenvalue weighted by Crippen LogP contribution is -2.33. The van der Waals surface area contributed by atoms with Crippen molar-refractivity contribution < 1.29 is 9.47 Å². The van der Waals surface area contributed by atoms with Crippen LogP contribution in [0.15, 0.2) is 23.5 Å². The summed E-state index contributed by atoms with van der Waals surface area (Å²) in [5.74, 6) is 1.73. The Morgan fingerprint density at radius 2 is 2.22 bits per heavy atom. The number of rotatable bonds is 5. The molecule has 0 aromatic carbocycles. The van der Waals surface area contributed by atoms with Gasteiger partial charge in [-0.25, -0.2) is 4.99 Å². The van der Waals surface area contributed by atoms with Crippen molar-refractivity contribution in [1.29, 1.82) is 0 Å². The maximum Gasteiger partial charge on any atom is 0.245 e. The number of ether oxygens (including phenoxy) is 2. The normalized spacial score (nSPS) is 16.2. The molecule has 1 aromatic heterocycles. The maximum absolute atomic E-state index is 5.90. The SMILES string of the molecule is Cc1cncc(OCC(N)COC2=NCCS2)c1. The maximum atomic E-state index is 5.90. The van der Waals surface area contributed by atoms with Crippen LogP contribution in [0, 0.1) is 6.92 Å². The molecule has 98 valence electrons. The number of hydrogen-bond donors (Lipinski definition) is 1. The molecule has 2 N–H and O–H groups in total. The van der Waals surface area contributed by atoms with Crippen LogP contribution in [0.2, 0.25) is 0 Å². The van der Waals surface area contributed by atoms with Gasteiger partial charge < -0.3 is 15.2 Å². The van der Waals surface area contributed by atoms with E-state index in [1.807, 2.05) is 13.0 Å². The summed E-state index contributed by atoms with van der Waals surface area (Å²) in [6.07, 6.45) is 3.46. The van der Waals surface area contributed by atoms with Crippen LogP contribution < -0.4 is 10.5 Å². The Kier molecular flexibility index (Phi) is 4.83. The molecule has 1 aromatic rings. The summed E-state index contributed by atoms with van der Waals surface area (Å²) in [5, 5.41) is 0.739. The summed E-state index contributed by atoms with van der Waals surface area (Å²) in [6.45, 7) is 3.63. The smallest absolute Gasteiger partial charge is 0.245 e. The van der Waals surface area contributed by atoms with E-state index >= 15 is 0 Å². The zero-order chi connectivity index (χ0) is 12.8. The van der Waals surface area contributed by atoms with Gasteiger partial charge in [-0.05, 0) is 18.6 Å². The molecule has 6 heteroatoms. The Labute approximate surface area is 111 Å². The second-order valence-corrected chi connectivity index (χ2v) is 5.12. The van der Waals surface area contributed by atoms with E-state index in [9.17, 15) is 0 Å². The molecule has 0 saturated heterocycles. The number of nitrogens with zero attached hydrogens (tertiary/aromatic N) is 2. The average molecular weight is 267 g/mol. The van der Waals surface area contributed by atoms with Crippen LogP contribution in [0.25, 0.3) is 0 Å². The summed E-state index contributed by atoms with van der Waals surface area (Å²) >= 11 is 1.62. The quantitative estimate of drug-likeness (QED) is 0.868. The van der Waals surface area contributed by atoms with Gasteiger partial charge in [0.05, 0.1) is 18.8 Å². The molecule has 2 heterocycles. The molecule has 1 aliphatic heterocycles. The molecule has 2 rings (SSSR count). The van der Waals surface area contributed by atoms with E-state index in [1.165, 1.54) is 0 Å². The Balaban J connectivity index is 1.69. The highest BCUT2D eigenvalue weighted by atomic mass is 32.2.